The summed E-state index contributed by atoms with van der Waals surface area (Å²) in [6.45, 7) is 0. The van der Waals surface area contributed by atoms with E-state index in [-0.39, 0.29) is 32.7 Å². The molecule has 1 N–H and O–H groups in total. The molecule has 200 valence electrons. The lowest BCUT2D eigenvalue weighted by molar-refractivity contribution is -0.259. The van der Waals surface area contributed by atoms with Crippen LogP contribution in [0.2, 0.25) is 5.02 Å². The molecule has 1 aliphatic rings. The quantitative estimate of drug-likeness (QED) is 0.303. The van der Waals surface area contributed by atoms with Crippen LogP contribution in [0, 0.1) is 0 Å². The van der Waals surface area contributed by atoms with Crippen molar-refractivity contribution >= 4 is 38.3 Å². The van der Waals surface area contributed by atoms with Gasteiger partial charge in [-0.05, 0) is 60.7 Å². The molecule has 4 aromatic rings. The van der Waals surface area contributed by atoms with Crippen molar-refractivity contribution in [2.24, 2.45) is 0 Å². The first-order chi connectivity index (χ1) is 17.8. The molecule has 0 radical (unpaired) electrons. The lowest BCUT2D eigenvalue weighted by Gasteiger charge is -2.42. The Morgan fingerprint density at radius 3 is 2.53 bits per heavy atom. The highest BCUT2D eigenvalue weighted by atomic mass is 35.5. The summed E-state index contributed by atoms with van der Waals surface area (Å²) in [4.78, 5) is 12.8. The molecule has 2 aromatic heterocycles. The minimum absolute atomic E-state index is 0.0127. The van der Waals surface area contributed by atoms with E-state index in [1.54, 1.807) is 0 Å². The zero-order valence-electron chi connectivity index (χ0n) is 19.4. The van der Waals surface area contributed by atoms with E-state index in [2.05, 4.69) is 14.4 Å². The Hall–Kier alpha value is -3.58. The molecule has 1 saturated carbocycles. The van der Waals surface area contributed by atoms with Crippen LogP contribution in [-0.4, -0.2) is 37.1 Å². The fourth-order valence-corrected chi connectivity index (χ4v) is 5.82. The third kappa shape index (κ3) is 4.39. The molecule has 38 heavy (non-hydrogen) atoms. The highest BCUT2D eigenvalue weighted by Gasteiger charge is 2.63. The van der Waals surface area contributed by atoms with Crippen LogP contribution in [0.4, 0.5) is 23.4 Å². The molecule has 0 saturated heterocycles. The van der Waals surface area contributed by atoms with Gasteiger partial charge in [0, 0.05) is 22.5 Å². The van der Waals surface area contributed by atoms with Gasteiger partial charge in [0.1, 0.15) is 12.0 Å². The molecule has 0 bridgehead atoms. The molecular weight excluding hydrogens is 554 g/mol. The third-order valence-corrected chi connectivity index (χ3v) is 8.16. The number of benzene rings is 2. The normalized spacial score (nSPS) is 19.8. The maximum atomic E-state index is 14.2. The van der Waals surface area contributed by atoms with Crippen molar-refractivity contribution in [2.45, 2.75) is 35.5 Å². The van der Waals surface area contributed by atoms with E-state index < -0.39 is 46.2 Å². The summed E-state index contributed by atoms with van der Waals surface area (Å²) in [5.74, 6) is -0.681. The standard InChI is InChI=1S/C24H18ClF4N3O5S/c1-36-20-9-16(14-11-23(26,12-14)24(27,28)29)17(25)10-19(20)32-18-4-3-15(8-13(18)2-5-22(32)33)38(34,35)31-21-6-7-37-30-21/h2-10,14H,11-12H2,1H3,(H,30,31). The summed E-state index contributed by atoms with van der Waals surface area (Å²) in [6.07, 6.45) is -5.32. The summed E-state index contributed by atoms with van der Waals surface area (Å²) in [5.41, 5.74) is -3.02. The van der Waals surface area contributed by atoms with Crippen LogP contribution >= 0.6 is 11.6 Å². The fourth-order valence-electron chi connectivity index (χ4n) is 4.48. The zero-order valence-corrected chi connectivity index (χ0v) is 21.0. The van der Waals surface area contributed by atoms with Gasteiger partial charge in [0.2, 0.25) is 5.67 Å². The molecule has 0 unspecified atom stereocenters. The van der Waals surface area contributed by atoms with Crippen molar-refractivity contribution in [3.8, 4) is 11.4 Å². The van der Waals surface area contributed by atoms with Crippen molar-refractivity contribution in [1.29, 1.82) is 0 Å². The van der Waals surface area contributed by atoms with Crippen LogP contribution in [0.5, 0.6) is 5.75 Å². The van der Waals surface area contributed by atoms with Crippen LogP contribution in [0.15, 0.2) is 69.0 Å². The number of methoxy groups -OCH3 is 1. The Morgan fingerprint density at radius 1 is 1.16 bits per heavy atom. The van der Waals surface area contributed by atoms with E-state index in [0.29, 0.717) is 10.9 Å². The van der Waals surface area contributed by atoms with Gasteiger partial charge in [-0.15, -0.1) is 0 Å². The largest absolute Gasteiger partial charge is 0.495 e. The smallest absolute Gasteiger partial charge is 0.422 e. The van der Waals surface area contributed by atoms with Gasteiger partial charge < -0.3 is 9.26 Å². The number of ether oxygens (including phenoxy) is 1. The van der Waals surface area contributed by atoms with E-state index in [0.717, 1.165) is 0 Å². The van der Waals surface area contributed by atoms with Gasteiger partial charge in [-0.25, -0.2) is 12.8 Å². The molecule has 1 aliphatic carbocycles. The van der Waals surface area contributed by atoms with Crippen LogP contribution < -0.4 is 15.0 Å². The first kappa shape index (κ1) is 26.0. The maximum absolute atomic E-state index is 14.2. The van der Waals surface area contributed by atoms with Gasteiger partial charge in [-0.3, -0.25) is 14.1 Å². The SMILES string of the molecule is COc1cc(C2CC(F)(C(F)(F)F)C2)c(Cl)cc1-n1c(=O)ccc2cc(S(=O)(=O)Nc3ccon3)ccc21. The first-order valence-electron chi connectivity index (χ1n) is 11.1. The lowest BCUT2D eigenvalue weighted by atomic mass is 9.68. The van der Waals surface area contributed by atoms with Crippen LogP contribution in [-0.2, 0) is 10.0 Å². The van der Waals surface area contributed by atoms with Crippen molar-refractivity contribution in [3.05, 3.63) is 75.7 Å². The molecule has 0 aliphatic heterocycles. The summed E-state index contributed by atoms with van der Waals surface area (Å²) in [5, 5.41) is 3.93. The first-order valence-corrected chi connectivity index (χ1v) is 12.9. The van der Waals surface area contributed by atoms with Crippen LogP contribution in [0.25, 0.3) is 16.6 Å². The number of nitrogens with one attached hydrogen (secondary N) is 1. The highest BCUT2D eigenvalue weighted by Crippen LogP contribution is 2.57. The number of alkyl halides is 4. The monoisotopic (exact) mass is 571 g/mol. The van der Waals surface area contributed by atoms with Gasteiger partial charge >= 0.3 is 6.18 Å². The lowest BCUT2D eigenvalue weighted by Crippen LogP contribution is -2.50. The predicted octanol–water partition coefficient (Wildman–Crippen LogP) is 5.59. The summed E-state index contributed by atoms with van der Waals surface area (Å²) >= 11 is 6.40. The molecule has 8 nitrogen and oxygen atoms in total. The molecule has 14 heteroatoms. The summed E-state index contributed by atoms with van der Waals surface area (Å²) in [7, 11) is -2.72. The minimum atomic E-state index is -4.98. The third-order valence-electron chi connectivity index (χ3n) is 6.48. The number of pyridine rings is 1. The maximum Gasteiger partial charge on any atom is 0.422 e. The van der Waals surface area contributed by atoms with Gasteiger partial charge in [0.05, 0.1) is 23.2 Å². The number of sulfonamides is 1. The molecule has 0 spiro atoms. The predicted molar refractivity (Wildman–Crippen MR) is 130 cm³/mol. The number of halogens is 5. The molecule has 0 amide bonds. The van der Waals surface area contributed by atoms with Crippen molar-refractivity contribution < 1.29 is 35.2 Å². The Labute approximate surface area is 217 Å². The van der Waals surface area contributed by atoms with Crippen LogP contribution in [0.3, 0.4) is 0 Å². The number of hydrogen-bond donors (Lipinski definition) is 1. The molecule has 0 atom stereocenters. The van der Waals surface area contributed by atoms with Gasteiger partial charge in [0.15, 0.2) is 5.82 Å². The molecule has 1 fully saturated rings. The molecule has 5 rings (SSSR count). The second kappa shape index (κ2) is 9.02. The Kier molecular flexibility index (Phi) is 6.18. The van der Waals surface area contributed by atoms with E-state index in [9.17, 15) is 30.8 Å². The average molecular weight is 572 g/mol. The number of anilines is 1. The van der Waals surface area contributed by atoms with E-state index in [1.807, 2.05) is 0 Å². The number of nitrogens with zero attached hydrogens (tertiary/aromatic N) is 2. The second-order valence-electron chi connectivity index (χ2n) is 8.83. The number of aromatic nitrogens is 2. The zero-order chi connectivity index (χ0) is 27.5. The molecule has 2 heterocycles. The summed E-state index contributed by atoms with van der Waals surface area (Å²) < 4.78 is 92.2. The van der Waals surface area contributed by atoms with E-state index >= 15 is 0 Å². The molecular formula is C24H18ClF4N3O5S. The van der Waals surface area contributed by atoms with Gasteiger partial charge in [-0.2, -0.15) is 13.2 Å². The second-order valence-corrected chi connectivity index (χ2v) is 10.9. The highest BCUT2D eigenvalue weighted by molar-refractivity contribution is 7.92. The number of fused-ring (bicyclic) bond motifs is 1. The Morgan fingerprint density at radius 2 is 1.89 bits per heavy atom. The number of hydrogen-bond acceptors (Lipinski definition) is 6. The number of rotatable bonds is 6. The molecule has 2 aromatic carbocycles. The topological polar surface area (TPSA) is 103 Å². The van der Waals surface area contributed by atoms with Crippen molar-refractivity contribution in [1.82, 2.24) is 9.72 Å². The van der Waals surface area contributed by atoms with Gasteiger partial charge in [-0.1, -0.05) is 16.8 Å². The van der Waals surface area contributed by atoms with Gasteiger partial charge in [0.25, 0.3) is 15.6 Å². The summed E-state index contributed by atoms with van der Waals surface area (Å²) in [6, 6.07) is 10.8. The average Bonchev–Trinajstić information content (AvgIpc) is 3.33. The van der Waals surface area contributed by atoms with E-state index in [4.69, 9.17) is 16.3 Å². The van der Waals surface area contributed by atoms with Crippen molar-refractivity contribution in [3.63, 3.8) is 0 Å². The van der Waals surface area contributed by atoms with Crippen LogP contribution in [0.1, 0.15) is 24.3 Å². The van der Waals surface area contributed by atoms with Crippen molar-refractivity contribution in [2.75, 3.05) is 11.8 Å². The minimum Gasteiger partial charge on any atom is -0.495 e. The Bertz CT molecular complexity index is 1700. The van der Waals surface area contributed by atoms with E-state index in [1.165, 1.54) is 66.5 Å². The fraction of sp³-hybridized carbons (Fsp3) is 0.250. The Balaban J connectivity index is 1.55.